The first-order valence-electron chi connectivity index (χ1n) is 6.90. The standard InChI is InChI=1S/C16H17NO5S/c1-3-22-16(18)12-7-9-13(10-8-12)17-23(19,20)15-6-4-5-14(11-15)21-2/h4-11,17H,3H2,1-2H3. The van der Waals surface area contributed by atoms with E-state index in [1.165, 1.54) is 43.5 Å². The lowest BCUT2D eigenvalue weighted by Crippen LogP contribution is -2.13. The highest BCUT2D eigenvalue weighted by atomic mass is 32.2. The number of hydrogen-bond acceptors (Lipinski definition) is 5. The number of nitrogens with one attached hydrogen (secondary N) is 1. The molecule has 0 radical (unpaired) electrons. The largest absolute Gasteiger partial charge is 0.497 e. The Kier molecular flexibility index (Phi) is 5.23. The average Bonchev–Trinajstić information content (AvgIpc) is 2.55. The fraction of sp³-hybridized carbons (Fsp3) is 0.188. The Balaban J connectivity index is 2.18. The molecule has 0 amide bonds. The lowest BCUT2D eigenvalue weighted by atomic mass is 10.2. The van der Waals surface area contributed by atoms with Gasteiger partial charge in [-0.15, -0.1) is 0 Å². The van der Waals surface area contributed by atoms with Gasteiger partial charge in [0.25, 0.3) is 10.0 Å². The molecule has 7 heteroatoms. The molecular formula is C16H17NO5S. The van der Waals surface area contributed by atoms with Gasteiger partial charge in [0.15, 0.2) is 0 Å². The molecule has 0 spiro atoms. The van der Waals surface area contributed by atoms with Crippen molar-refractivity contribution in [1.29, 1.82) is 0 Å². The molecule has 6 nitrogen and oxygen atoms in total. The van der Waals surface area contributed by atoms with Gasteiger partial charge in [-0.05, 0) is 43.3 Å². The minimum absolute atomic E-state index is 0.0892. The molecule has 0 heterocycles. The molecule has 0 bridgehead atoms. The van der Waals surface area contributed by atoms with E-state index in [1.807, 2.05) is 0 Å². The van der Waals surface area contributed by atoms with E-state index in [0.717, 1.165) is 0 Å². The van der Waals surface area contributed by atoms with Crippen LogP contribution in [0.4, 0.5) is 5.69 Å². The van der Waals surface area contributed by atoms with Gasteiger partial charge >= 0.3 is 5.97 Å². The second-order valence-corrected chi connectivity index (χ2v) is 6.26. The lowest BCUT2D eigenvalue weighted by Gasteiger charge is -2.09. The third-order valence-corrected chi connectivity index (χ3v) is 4.38. The minimum atomic E-state index is -3.74. The van der Waals surface area contributed by atoms with Crippen molar-refractivity contribution >= 4 is 21.7 Å². The summed E-state index contributed by atoms with van der Waals surface area (Å²) < 4.78 is 37.0. The third kappa shape index (κ3) is 4.23. The number of benzene rings is 2. The zero-order chi connectivity index (χ0) is 16.9. The van der Waals surface area contributed by atoms with E-state index < -0.39 is 16.0 Å². The van der Waals surface area contributed by atoms with Crippen molar-refractivity contribution in [2.45, 2.75) is 11.8 Å². The van der Waals surface area contributed by atoms with E-state index in [9.17, 15) is 13.2 Å². The molecule has 0 atom stereocenters. The summed E-state index contributed by atoms with van der Waals surface area (Å²) in [4.78, 5) is 11.6. The number of carbonyl (C=O) groups excluding carboxylic acids is 1. The maximum absolute atomic E-state index is 12.3. The van der Waals surface area contributed by atoms with Crippen LogP contribution < -0.4 is 9.46 Å². The zero-order valence-corrected chi connectivity index (χ0v) is 13.6. The van der Waals surface area contributed by atoms with Crippen LogP contribution in [0.3, 0.4) is 0 Å². The highest BCUT2D eigenvalue weighted by Gasteiger charge is 2.15. The summed E-state index contributed by atoms with van der Waals surface area (Å²) >= 11 is 0. The normalized spacial score (nSPS) is 10.9. The van der Waals surface area contributed by atoms with Gasteiger partial charge in [-0.2, -0.15) is 0 Å². The monoisotopic (exact) mass is 335 g/mol. The van der Waals surface area contributed by atoms with Crippen molar-refractivity contribution in [3.63, 3.8) is 0 Å². The molecule has 0 saturated carbocycles. The Hall–Kier alpha value is -2.54. The first-order chi connectivity index (χ1) is 11.0. The minimum Gasteiger partial charge on any atom is -0.497 e. The third-order valence-electron chi connectivity index (χ3n) is 3.00. The average molecular weight is 335 g/mol. The number of ether oxygens (including phenoxy) is 2. The predicted molar refractivity (Wildman–Crippen MR) is 86.2 cm³/mol. The van der Waals surface area contributed by atoms with Crippen molar-refractivity contribution in [1.82, 2.24) is 0 Å². The summed E-state index contributed by atoms with van der Waals surface area (Å²) in [7, 11) is -2.27. The van der Waals surface area contributed by atoms with E-state index >= 15 is 0 Å². The molecule has 2 aromatic rings. The van der Waals surface area contributed by atoms with Crippen LogP contribution in [0.2, 0.25) is 0 Å². The summed E-state index contributed by atoms with van der Waals surface area (Å²) in [5.74, 6) is 0.000219. The van der Waals surface area contributed by atoms with E-state index in [1.54, 1.807) is 19.1 Å². The number of anilines is 1. The number of esters is 1. The quantitative estimate of drug-likeness (QED) is 0.821. The molecule has 0 aliphatic carbocycles. The number of carbonyl (C=O) groups is 1. The first kappa shape index (κ1) is 16.8. The first-order valence-corrected chi connectivity index (χ1v) is 8.38. The Morgan fingerprint density at radius 1 is 1.13 bits per heavy atom. The van der Waals surface area contributed by atoms with E-state index in [2.05, 4.69) is 4.72 Å². The summed E-state index contributed by atoms with van der Waals surface area (Å²) in [5.41, 5.74) is 0.706. The van der Waals surface area contributed by atoms with Crippen molar-refractivity contribution in [2.75, 3.05) is 18.4 Å². The molecule has 1 N–H and O–H groups in total. The van der Waals surface area contributed by atoms with Gasteiger partial charge < -0.3 is 9.47 Å². The molecule has 0 aliphatic rings. The van der Waals surface area contributed by atoms with Crippen LogP contribution in [0.15, 0.2) is 53.4 Å². The fourth-order valence-electron chi connectivity index (χ4n) is 1.87. The smallest absolute Gasteiger partial charge is 0.338 e. The van der Waals surface area contributed by atoms with Crippen molar-refractivity contribution < 1.29 is 22.7 Å². The summed E-state index contributed by atoms with van der Waals surface area (Å²) in [6.45, 7) is 2.00. The summed E-state index contributed by atoms with van der Waals surface area (Å²) in [6.07, 6.45) is 0. The van der Waals surface area contributed by atoms with Gasteiger partial charge in [0.2, 0.25) is 0 Å². The Morgan fingerprint density at radius 2 is 1.83 bits per heavy atom. The van der Waals surface area contributed by atoms with Crippen LogP contribution in [0.1, 0.15) is 17.3 Å². The van der Waals surface area contributed by atoms with Gasteiger partial charge in [0.1, 0.15) is 5.75 Å². The molecule has 23 heavy (non-hydrogen) atoms. The predicted octanol–water partition coefficient (Wildman–Crippen LogP) is 2.67. The van der Waals surface area contributed by atoms with Gasteiger partial charge in [0, 0.05) is 11.8 Å². The van der Waals surface area contributed by atoms with Gasteiger partial charge in [0.05, 0.1) is 24.2 Å². The van der Waals surface area contributed by atoms with Crippen LogP contribution in [0.5, 0.6) is 5.75 Å². The Labute approximate surface area is 135 Å². The molecule has 0 aliphatic heterocycles. The summed E-state index contributed by atoms with van der Waals surface area (Å²) in [6, 6.07) is 12.2. The molecule has 0 fully saturated rings. The fourth-order valence-corrected chi connectivity index (χ4v) is 2.96. The van der Waals surface area contributed by atoms with Gasteiger partial charge in [-0.25, -0.2) is 13.2 Å². The van der Waals surface area contributed by atoms with Crippen LogP contribution in [0, 0.1) is 0 Å². The second kappa shape index (κ2) is 7.15. The Morgan fingerprint density at radius 3 is 2.43 bits per heavy atom. The van der Waals surface area contributed by atoms with E-state index in [-0.39, 0.29) is 11.5 Å². The number of hydrogen-bond donors (Lipinski definition) is 1. The molecular weight excluding hydrogens is 318 g/mol. The molecule has 122 valence electrons. The number of rotatable bonds is 6. The second-order valence-electron chi connectivity index (χ2n) is 4.58. The van der Waals surface area contributed by atoms with Crippen LogP contribution in [0.25, 0.3) is 0 Å². The highest BCUT2D eigenvalue weighted by Crippen LogP contribution is 2.20. The maximum Gasteiger partial charge on any atom is 0.338 e. The molecule has 2 aromatic carbocycles. The Bertz CT molecular complexity index is 784. The van der Waals surface area contributed by atoms with E-state index in [4.69, 9.17) is 9.47 Å². The van der Waals surface area contributed by atoms with Crippen LogP contribution >= 0.6 is 0 Å². The topological polar surface area (TPSA) is 81.7 Å². The van der Waals surface area contributed by atoms with Crippen molar-refractivity contribution in [2.24, 2.45) is 0 Å². The summed E-state index contributed by atoms with van der Waals surface area (Å²) in [5, 5.41) is 0. The lowest BCUT2D eigenvalue weighted by molar-refractivity contribution is 0.0526. The van der Waals surface area contributed by atoms with Crippen molar-refractivity contribution in [3.8, 4) is 5.75 Å². The highest BCUT2D eigenvalue weighted by molar-refractivity contribution is 7.92. The number of sulfonamides is 1. The van der Waals surface area contributed by atoms with Gasteiger partial charge in [-0.1, -0.05) is 6.07 Å². The maximum atomic E-state index is 12.3. The molecule has 0 saturated heterocycles. The molecule has 0 unspecified atom stereocenters. The van der Waals surface area contributed by atoms with Gasteiger partial charge in [-0.3, -0.25) is 4.72 Å². The zero-order valence-electron chi connectivity index (χ0n) is 12.8. The van der Waals surface area contributed by atoms with E-state index in [0.29, 0.717) is 17.0 Å². The van der Waals surface area contributed by atoms with Crippen molar-refractivity contribution in [3.05, 3.63) is 54.1 Å². The molecule has 2 rings (SSSR count). The number of methoxy groups -OCH3 is 1. The SMILES string of the molecule is CCOC(=O)c1ccc(NS(=O)(=O)c2cccc(OC)c2)cc1. The van der Waals surface area contributed by atoms with Crippen LogP contribution in [-0.2, 0) is 14.8 Å². The van der Waals surface area contributed by atoms with Crippen LogP contribution in [-0.4, -0.2) is 28.1 Å². The molecule has 0 aromatic heterocycles.